The van der Waals surface area contributed by atoms with E-state index in [0.717, 1.165) is 12.1 Å². The first-order valence-corrected chi connectivity index (χ1v) is 9.99. The predicted molar refractivity (Wildman–Crippen MR) is 111 cm³/mol. The van der Waals surface area contributed by atoms with Crippen molar-refractivity contribution < 1.29 is 18.0 Å². The van der Waals surface area contributed by atoms with Crippen molar-refractivity contribution >= 4 is 23.1 Å². The lowest BCUT2D eigenvalue weighted by Crippen LogP contribution is -2.38. The van der Waals surface area contributed by atoms with Gasteiger partial charge >= 0.3 is 6.18 Å². The van der Waals surface area contributed by atoms with Gasteiger partial charge in [0, 0.05) is 28.4 Å². The summed E-state index contributed by atoms with van der Waals surface area (Å²) in [5.41, 5.74) is 7.43. The second kappa shape index (κ2) is 7.78. The van der Waals surface area contributed by atoms with Crippen molar-refractivity contribution in [3.05, 3.63) is 87.3 Å². The molecule has 158 valence electrons. The number of anilines is 1. The molecule has 0 saturated carbocycles. The number of carbonyl (C=O) groups is 1. The molecule has 0 saturated heterocycles. The number of nitrogens with two attached hydrogens (primary N) is 1. The normalized spacial score (nSPS) is 19.4. The van der Waals surface area contributed by atoms with Crippen LogP contribution in [0.5, 0.6) is 0 Å². The SMILES string of the molecule is N#CC1=C(N)N(c2cccc(C(F)(F)F)c2)C2=C(C(=O)CCC2)[C@H]1c1ccc(Cl)cc1. The van der Waals surface area contributed by atoms with Gasteiger partial charge in [-0.2, -0.15) is 18.4 Å². The zero-order valence-electron chi connectivity index (χ0n) is 16.2. The van der Waals surface area contributed by atoms with Gasteiger partial charge in [-0.15, -0.1) is 0 Å². The molecule has 0 aromatic heterocycles. The molecule has 31 heavy (non-hydrogen) atoms. The number of Topliss-reactive ketones (excluding diaryl/α,β-unsaturated/α-hetero) is 1. The minimum atomic E-state index is -4.53. The summed E-state index contributed by atoms with van der Waals surface area (Å²) in [4.78, 5) is 14.4. The summed E-state index contributed by atoms with van der Waals surface area (Å²) in [6, 6.07) is 13.6. The van der Waals surface area contributed by atoms with Crippen LogP contribution in [0, 0.1) is 11.3 Å². The van der Waals surface area contributed by atoms with Crippen molar-refractivity contribution in [3.63, 3.8) is 0 Å². The lowest BCUT2D eigenvalue weighted by molar-refractivity contribution is -0.137. The van der Waals surface area contributed by atoms with Gasteiger partial charge in [-0.1, -0.05) is 29.8 Å². The molecule has 1 heterocycles. The van der Waals surface area contributed by atoms with Crippen LogP contribution in [0.25, 0.3) is 0 Å². The lowest BCUT2D eigenvalue weighted by Gasteiger charge is -2.39. The van der Waals surface area contributed by atoms with Crippen LogP contribution in [0.4, 0.5) is 18.9 Å². The standard InChI is InChI=1S/C23H17ClF3N3O/c24-15-9-7-13(8-10-15)20-17(12-28)22(29)30(18-5-2-6-19(31)21(18)20)16-4-1-3-14(11-16)23(25,26)27/h1,3-4,7-11,20H,2,5-6,29H2/t20-/m0/s1. The average molecular weight is 444 g/mol. The van der Waals surface area contributed by atoms with Gasteiger partial charge in [0.2, 0.25) is 0 Å². The number of alkyl halides is 3. The molecule has 0 amide bonds. The highest BCUT2D eigenvalue weighted by molar-refractivity contribution is 6.30. The molecule has 0 fully saturated rings. The van der Waals surface area contributed by atoms with E-state index in [9.17, 15) is 23.2 Å². The Labute approximate surface area is 182 Å². The third kappa shape index (κ3) is 3.68. The molecule has 4 nitrogen and oxygen atoms in total. The minimum Gasteiger partial charge on any atom is -0.384 e. The molecule has 2 N–H and O–H groups in total. The summed E-state index contributed by atoms with van der Waals surface area (Å²) >= 11 is 5.99. The van der Waals surface area contributed by atoms with E-state index in [0.29, 0.717) is 41.1 Å². The molecule has 2 aromatic carbocycles. The molecule has 0 unspecified atom stereocenters. The first-order chi connectivity index (χ1) is 14.7. The second-order valence-electron chi connectivity index (χ2n) is 7.42. The molecule has 1 atom stereocenters. The first-order valence-electron chi connectivity index (χ1n) is 9.61. The van der Waals surface area contributed by atoms with Crippen LogP contribution in [0.1, 0.15) is 36.3 Å². The number of benzene rings is 2. The van der Waals surface area contributed by atoms with Gasteiger partial charge in [-0.3, -0.25) is 9.69 Å². The number of hydrogen-bond acceptors (Lipinski definition) is 4. The van der Waals surface area contributed by atoms with Gasteiger partial charge in [0.1, 0.15) is 5.82 Å². The van der Waals surface area contributed by atoms with E-state index in [2.05, 4.69) is 6.07 Å². The van der Waals surface area contributed by atoms with Crippen LogP contribution in [0.15, 0.2) is 71.2 Å². The molecule has 8 heteroatoms. The largest absolute Gasteiger partial charge is 0.416 e. The van der Waals surface area contributed by atoms with Crippen molar-refractivity contribution in [2.45, 2.75) is 31.4 Å². The summed E-state index contributed by atoms with van der Waals surface area (Å²) in [6.07, 6.45) is -3.22. The molecule has 0 radical (unpaired) electrons. The van der Waals surface area contributed by atoms with Crippen molar-refractivity contribution in [1.82, 2.24) is 0 Å². The Morgan fingerprint density at radius 1 is 1.13 bits per heavy atom. The number of halogens is 4. The summed E-state index contributed by atoms with van der Waals surface area (Å²) in [6.45, 7) is 0. The van der Waals surface area contributed by atoms with Gasteiger partial charge in [0.25, 0.3) is 0 Å². The smallest absolute Gasteiger partial charge is 0.384 e. The molecule has 1 aliphatic carbocycles. The van der Waals surface area contributed by atoms with Crippen LogP contribution in [0.2, 0.25) is 5.02 Å². The fourth-order valence-electron chi connectivity index (χ4n) is 4.19. The molecular formula is C23H17ClF3N3O. The predicted octanol–water partition coefficient (Wildman–Crippen LogP) is 5.66. The third-order valence-electron chi connectivity index (χ3n) is 5.55. The van der Waals surface area contributed by atoms with Gasteiger partial charge in [-0.05, 0) is 48.7 Å². The number of hydrogen-bond donors (Lipinski definition) is 1. The van der Waals surface area contributed by atoms with Crippen LogP contribution < -0.4 is 10.6 Å². The molecule has 0 bridgehead atoms. The highest BCUT2D eigenvalue weighted by Gasteiger charge is 2.41. The zero-order chi connectivity index (χ0) is 22.3. The second-order valence-corrected chi connectivity index (χ2v) is 7.85. The maximum Gasteiger partial charge on any atom is 0.416 e. The molecule has 0 spiro atoms. The Morgan fingerprint density at radius 2 is 1.84 bits per heavy atom. The molecule has 2 aliphatic rings. The Kier molecular flexibility index (Phi) is 5.28. The number of ketones is 1. The fourth-order valence-corrected chi connectivity index (χ4v) is 4.32. The van der Waals surface area contributed by atoms with Gasteiger partial charge in [0.05, 0.1) is 23.1 Å². The zero-order valence-corrected chi connectivity index (χ0v) is 17.0. The molecule has 1 aliphatic heterocycles. The summed E-state index contributed by atoms with van der Waals surface area (Å²) in [5, 5.41) is 10.4. The van der Waals surface area contributed by atoms with Crippen LogP contribution in [-0.2, 0) is 11.0 Å². The summed E-state index contributed by atoms with van der Waals surface area (Å²) in [5.74, 6) is -0.805. The molecule has 2 aromatic rings. The van der Waals surface area contributed by atoms with E-state index < -0.39 is 17.7 Å². The highest BCUT2D eigenvalue weighted by atomic mass is 35.5. The van der Waals surface area contributed by atoms with Crippen molar-refractivity contribution in [1.29, 1.82) is 5.26 Å². The van der Waals surface area contributed by atoms with Crippen LogP contribution >= 0.6 is 11.6 Å². The molecule has 4 rings (SSSR count). The van der Waals surface area contributed by atoms with E-state index >= 15 is 0 Å². The van der Waals surface area contributed by atoms with E-state index in [4.69, 9.17) is 17.3 Å². The van der Waals surface area contributed by atoms with Crippen LogP contribution in [-0.4, -0.2) is 5.78 Å². The Hall–Kier alpha value is -3.24. The van der Waals surface area contributed by atoms with Crippen LogP contribution in [0.3, 0.4) is 0 Å². The average Bonchev–Trinajstić information content (AvgIpc) is 2.73. The van der Waals surface area contributed by atoms with E-state index in [1.807, 2.05) is 0 Å². The quantitative estimate of drug-likeness (QED) is 0.649. The maximum absolute atomic E-state index is 13.3. The summed E-state index contributed by atoms with van der Waals surface area (Å²) < 4.78 is 39.9. The van der Waals surface area contributed by atoms with Gasteiger partial charge in [0.15, 0.2) is 5.78 Å². The van der Waals surface area contributed by atoms with E-state index in [-0.39, 0.29) is 22.9 Å². The Bertz CT molecular complexity index is 1160. The van der Waals surface area contributed by atoms with E-state index in [1.165, 1.54) is 17.0 Å². The number of allylic oxidation sites excluding steroid dienone is 3. The van der Waals surface area contributed by atoms with Crippen molar-refractivity contribution in [2.24, 2.45) is 5.73 Å². The molecular weight excluding hydrogens is 427 g/mol. The third-order valence-corrected chi connectivity index (χ3v) is 5.80. The minimum absolute atomic E-state index is 0.0234. The maximum atomic E-state index is 13.3. The summed E-state index contributed by atoms with van der Waals surface area (Å²) in [7, 11) is 0. The van der Waals surface area contributed by atoms with Gasteiger partial charge in [-0.25, -0.2) is 0 Å². The fraction of sp³-hybridized carbons (Fsp3) is 0.217. The van der Waals surface area contributed by atoms with Crippen molar-refractivity contribution in [2.75, 3.05) is 4.90 Å². The lowest BCUT2D eigenvalue weighted by atomic mass is 9.75. The Morgan fingerprint density at radius 3 is 2.48 bits per heavy atom. The topological polar surface area (TPSA) is 70.1 Å². The number of nitriles is 1. The monoisotopic (exact) mass is 443 g/mol. The van der Waals surface area contributed by atoms with Gasteiger partial charge < -0.3 is 5.73 Å². The number of nitrogens with zero attached hydrogens (tertiary/aromatic N) is 2. The van der Waals surface area contributed by atoms with Crippen molar-refractivity contribution in [3.8, 4) is 6.07 Å². The Balaban J connectivity index is 1.94. The highest BCUT2D eigenvalue weighted by Crippen LogP contribution is 2.46. The van der Waals surface area contributed by atoms with E-state index in [1.54, 1.807) is 24.3 Å². The first kappa shape index (κ1) is 21.0. The number of carbonyl (C=O) groups excluding carboxylic acids is 1. The number of rotatable bonds is 2.